The Morgan fingerprint density at radius 1 is 1.31 bits per heavy atom. The molecule has 32 heavy (non-hydrogen) atoms. The summed E-state index contributed by atoms with van der Waals surface area (Å²) in [6.07, 6.45) is 3.17. The van der Waals surface area contributed by atoms with E-state index >= 15 is 0 Å². The normalized spacial score (nSPS) is 17.5. The maximum atomic E-state index is 12.9. The number of hydrogen-bond acceptors (Lipinski definition) is 5. The van der Waals surface area contributed by atoms with Crippen LogP contribution < -0.4 is 10.6 Å². The van der Waals surface area contributed by atoms with Gasteiger partial charge in [0, 0.05) is 25.5 Å². The highest BCUT2D eigenvalue weighted by molar-refractivity contribution is 6.41. The lowest BCUT2D eigenvalue weighted by molar-refractivity contribution is -0.127. The number of rotatable bonds is 7. The van der Waals surface area contributed by atoms with Crippen molar-refractivity contribution < 1.29 is 19.6 Å². The number of likely N-dealkylation sites (tertiary alicyclic amines) is 1. The second-order valence-corrected chi connectivity index (χ2v) is 9.36. The van der Waals surface area contributed by atoms with Crippen LogP contribution in [-0.2, 0) is 4.79 Å². The van der Waals surface area contributed by atoms with Crippen molar-refractivity contribution in [3.05, 3.63) is 47.0 Å². The smallest absolute Gasteiger partial charge is 0.427 e. The number of carbonyl (C=O) groups excluding carboxylic acids is 2. The monoisotopic (exact) mass is 440 g/mol. The van der Waals surface area contributed by atoms with Crippen molar-refractivity contribution in [1.29, 1.82) is 5.26 Å². The van der Waals surface area contributed by atoms with Gasteiger partial charge in [0.1, 0.15) is 11.6 Å². The molecule has 0 aliphatic carbocycles. The third kappa shape index (κ3) is 7.70. The molecule has 0 radical (unpaired) electrons. The molecule has 0 unspecified atom stereocenters. The fourth-order valence-electron chi connectivity index (χ4n) is 3.75. The first-order valence-corrected chi connectivity index (χ1v) is 10.9. The largest absolute Gasteiger partial charge is 0.453 e. The highest BCUT2D eigenvalue weighted by Gasteiger charge is 2.31. The molecule has 0 bridgehead atoms. The number of nitrogens with zero attached hydrogens (tertiary/aromatic N) is 2. The van der Waals surface area contributed by atoms with Gasteiger partial charge < -0.3 is 25.6 Å². The molecule has 3 amide bonds. The first kappa shape index (κ1) is 25.4. The summed E-state index contributed by atoms with van der Waals surface area (Å²) in [5, 5.41) is 33.8. The third-order valence-corrected chi connectivity index (χ3v) is 5.30. The van der Waals surface area contributed by atoms with Crippen LogP contribution in [0.15, 0.2) is 35.9 Å². The van der Waals surface area contributed by atoms with Crippen LogP contribution in [0, 0.1) is 23.7 Å². The van der Waals surface area contributed by atoms with E-state index in [1.54, 1.807) is 11.0 Å². The molecular weight excluding hydrogens is 407 g/mol. The molecule has 1 fully saturated rings. The minimum atomic E-state index is -1.57. The van der Waals surface area contributed by atoms with Crippen molar-refractivity contribution >= 4 is 19.1 Å². The van der Waals surface area contributed by atoms with E-state index in [-0.39, 0.29) is 35.8 Å². The molecule has 1 aromatic rings. The number of benzene rings is 1. The lowest BCUT2D eigenvalue weighted by Crippen LogP contribution is -2.47. The third-order valence-electron chi connectivity index (χ3n) is 5.30. The Bertz CT molecular complexity index is 871. The van der Waals surface area contributed by atoms with Crippen molar-refractivity contribution in [1.82, 2.24) is 15.5 Å². The van der Waals surface area contributed by atoms with Crippen molar-refractivity contribution in [2.75, 3.05) is 13.1 Å². The molecule has 1 aliphatic rings. The van der Waals surface area contributed by atoms with Gasteiger partial charge in [-0.2, -0.15) is 5.26 Å². The van der Waals surface area contributed by atoms with E-state index in [4.69, 9.17) is 0 Å². The number of carbonyl (C=O) groups is 2. The van der Waals surface area contributed by atoms with Crippen molar-refractivity contribution in [3.63, 3.8) is 0 Å². The van der Waals surface area contributed by atoms with Gasteiger partial charge in [-0.3, -0.25) is 4.79 Å². The molecule has 0 saturated carbocycles. The fraction of sp³-hybridized carbons (Fsp3) is 0.522. The lowest BCUT2D eigenvalue weighted by Gasteiger charge is -2.26. The molecule has 1 heterocycles. The second kappa shape index (κ2) is 11.2. The number of nitriles is 1. The van der Waals surface area contributed by atoms with Gasteiger partial charge in [0.25, 0.3) is 5.91 Å². The predicted molar refractivity (Wildman–Crippen MR) is 123 cm³/mol. The van der Waals surface area contributed by atoms with Crippen LogP contribution in [0.25, 0.3) is 0 Å². The fourth-order valence-corrected chi connectivity index (χ4v) is 3.75. The molecule has 172 valence electrons. The van der Waals surface area contributed by atoms with Crippen LogP contribution in [0.5, 0.6) is 0 Å². The lowest BCUT2D eigenvalue weighted by atomic mass is 9.79. The topological polar surface area (TPSA) is 126 Å². The van der Waals surface area contributed by atoms with Crippen LogP contribution in [0.4, 0.5) is 4.79 Å². The minimum absolute atomic E-state index is 0.0480. The molecule has 4 N–H and O–H groups in total. The number of amides is 3. The Labute approximate surface area is 190 Å². The highest BCUT2D eigenvalue weighted by Crippen LogP contribution is 2.23. The van der Waals surface area contributed by atoms with E-state index in [1.165, 1.54) is 0 Å². The number of hydrogen-bond donors (Lipinski definition) is 4. The highest BCUT2D eigenvalue weighted by atomic mass is 16.4. The summed E-state index contributed by atoms with van der Waals surface area (Å²) in [6.45, 7) is 8.52. The molecule has 0 aromatic heterocycles. The Kier molecular flexibility index (Phi) is 8.87. The van der Waals surface area contributed by atoms with E-state index in [1.807, 2.05) is 58.0 Å². The van der Waals surface area contributed by atoms with E-state index in [0.717, 1.165) is 24.0 Å². The molecule has 1 aromatic carbocycles. The molecular formula is C23H33BN4O4. The van der Waals surface area contributed by atoms with Gasteiger partial charge in [-0.05, 0) is 30.7 Å². The summed E-state index contributed by atoms with van der Waals surface area (Å²) in [6, 6.07) is 8.24. The maximum Gasteiger partial charge on any atom is 0.453 e. The van der Waals surface area contributed by atoms with Gasteiger partial charge in [0.15, 0.2) is 0 Å². The Morgan fingerprint density at radius 3 is 2.53 bits per heavy atom. The van der Waals surface area contributed by atoms with Crippen LogP contribution >= 0.6 is 0 Å². The summed E-state index contributed by atoms with van der Waals surface area (Å²) in [7, 11) is -1.57. The first-order chi connectivity index (χ1) is 15.0. The molecule has 1 aliphatic heterocycles. The molecule has 8 nitrogen and oxygen atoms in total. The van der Waals surface area contributed by atoms with Gasteiger partial charge in [0.2, 0.25) is 0 Å². The van der Waals surface area contributed by atoms with Gasteiger partial charge in [-0.1, -0.05) is 56.7 Å². The van der Waals surface area contributed by atoms with Crippen LogP contribution in [0.2, 0.25) is 6.32 Å². The summed E-state index contributed by atoms with van der Waals surface area (Å²) in [5.74, 6) is -0.312. The van der Waals surface area contributed by atoms with Gasteiger partial charge in [0.05, 0.1) is 6.04 Å². The van der Waals surface area contributed by atoms with E-state index in [9.17, 15) is 24.9 Å². The molecule has 9 heteroatoms. The zero-order valence-electron chi connectivity index (χ0n) is 19.3. The second-order valence-electron chi connectivity index (χ2n) is 9.36. The minimum Gasteiger partial charge on any atom is -0.427 e. The van der Waals surface area contributed by atoms with Gasteiger partial charge >= 0.3 is 13.1 Å². The molecule has 0 spiro atoms. The van der Waals surface area contributed by atoms with Crippen LogP contribution in [-0.4, -0.2) is 53.1 Å². The molecule has 2 atom stereocenters. The van der Waals surface area contributed by atoms with Crippen LogP contribution in [0.1, 0.15) is 50.8 Å². The average molecular weight is 440 g/mol. The van der Waals surface area contributed by atoms with E-state index in [2.05, 4.69) is 10.6 Å². The molecule has 2 rings (SSSR count). The summed E-state index contributed by atoms with van der Waals surface area (Å²) in [4.78, 5) is 27.1. The maximum absolute atomic E-state index is 12.9. The Morgan fingerprint density at radius 2 is 1.97 bits per heavy atom. The number of nitrogens with one attached hydrogen (secondary N) is 2. The van der Waals surface area contributed by atoms with Crippen LogP contribution in [0.3, 0.4) is 0 Å². The Hall–Kier alpha value is -2.83. The zero-order chi connectivity index (χ0) is 23.9. The average Bonchev–Trinajstić information content (AvgIpc) is 3.17. The zero-order valence-corrected chi connectivity index (χ0v) is 19.3. The van der Waals surface area contributed by atoms with Crippen molar-refractivity contribution in [2.24, 2.45) is 5.41 Å². The van der Waals surface area contributed by atoms with Crippen molar-refractivity contribution in [2.45, 2.75) is 58.9 Å². The van der Waals surface area contributed by atoms with E-state index in [0.29, 0.717) is 6.54 Å². The number of aryl methyl sites for hydroxylation is 1. The summed E-state index contributed by atoms with van der Waals surface area (Å²) in [5.41, 5.74) is 1.65. The standard InChI is InChI=1S/C23H33BN4O4/c1-16-7-9-17(10-8-16)20(13-24(31)32)27-22(30)26-15-19-6-5-11-28(19)21(29)18(14-25)12-23(2,3)4/h7-10,12,19-20,31-32H,5-6,11,13,15H2,1-4H3,(H2,26,27,30)/t19-,20-/m1/s1. The van der Waals surface area contributed by atoms with E-state index < -0.39 is 19.2 Å². The first-order valence-electron chi connectivity index (χ1n) is 10.9. The quantitative estimate of drug-likeness (QED) is 0.294. The predicted octanol–water partition coefficient (Wildman–Crippen LogP) is 2.30. The van der Waals surface area contributed by atoms with Gasteiger partial charge in [-0.15, -0.1) is 0 Å². The SMILES string of the molecule is Cc1ccc([C@@H](CB(O)O)NC(=O)NC[C@H]2CCCN2C(=O)C(C#N)=CC(C)(C)C)cc1. The molecule has 1 saturated heterocycles. The summed E-state index contributed by atoms with van der Waals surface area (Å²) < 4.78 is 0. The number of urea groups is 1. The van der Waals surface area contributed by atoms with Gasteiger partial charge in [-0.25, -0.2) is 4.79 Å². The number of allylic oxidation sites excluding steroid dienone is 1. The summed E-state index contributed by atoms with van der Waals surface area (Å²) >= 11 is 0. The van der Waals surface area contributed by atoms with Crippen molar-refractivity contribution in [3.8, 4) is 6.07 Å². The Balaban J connectivity index is 2.00.